The van der Waals surface area contributed by atoms with Crippen LogP contribution < -0.4 is 11.1 Å². The number of nitrogens with two attached hydrogens (primary N) is 1. The van der Waals surface area contributed by atoms with Gasteiger partial charge in [-0.1, -0.05) is 61.5 Å². The van der Waals surface area contributed by atoms with E-state index in [0.29, 0.717) is 13.0 Å². The van der Waals surface area contributed by atoms with Gasteiger partial charge >= 0.3 is 0 Å². The number of carbonyl (C=O) groups excluding carboxylic acids is 3. The molecule has 2 heterocycles. The van der Waals surface area contributed by atoms with E-state index in [1.165, 1.54) is 0 Å². The number of rotatable bonds is 6. The summed E-state index contributed by atoms with van der Waals surface area (Å²) < 4.78 is 0. The summed E-state index contributed by atoms with van der Waals surface area (Å²) in [4.78, 5) is 41.1. The molecule has 2 fully saturated rings. The lowest BCUT2D eigenvalue weighted by atomic mass is 9.81. The molecule has 4 N–H and O–H groups in total. The fraction of sp³-hybridized carbons (Fsp3) is 0.400. The molecule has 0 spiro atoms. The average Bonchev–Trinajstić information content (AvgIpc) is 3.47. The van der Waals surface area contributed by atoms with Crippen LogP contribution in [0.25, 0.3) is 0 Å². The van der Waals surface area contributed by atoms with Crippen LogP contribution in [-0.2, 0) is 15.2 Å². The summed E-state index contributed by atoms with van der Waals surface area (Å²) in [5.41, 5.74) is 4.12. The number of benzene rings is 2. The lowest BCUT2D eigenvalue weighted by molar-refractivity contribution is -0.134. The molecule has 0 aliphatic carbocycles. The molecular formula is C25H29N3O4. The van der Waals surface area contributed by atoms with Crippen LogP contribution in [0.5, 0.6) is 0 Å². The number of Topliss-reactive ketones (excluding diaryl/α,β-unsaturated/α-hetero) is 1. The van der Waals surface area contributed by atoms with Crippen LogP contribution in [0.2, 0.25) is 0 Å². The van der Waals surface area contributed by atoms with Gasteiger partial charge in [-0.3, -0.25) is 14.4 Å². The summed E-state index contributed by atoms with van der Waals surface area (Å²) in [6, 6.07) is 13.9. The lowest BCUT2D eigenvalue weighted by Gasteiger charge is -2.31. The molecule has 7 nitrogen and oxygen atoms in total. The third-order valence-corrected chi connectivity index (χ3v) is 6.77. The SMILES string of the molecule is C[C@H]1CCNC1C(=O)N1CCC[C@H]1C(=O)c1ccccc1C(O)(C(N)=O)c1ccccc1. The number of nitrogens with one attached hydrogen (secondary N) is 1. The van der Waals surface area contributed by atoms with E-state index in [1.54, 1.807) is 59.5 Å². The lowest BCUT2D eigenvalue weighted by Crippen LogP contribution is -2.50. The zero-order valence-corrected chi connectivity index (χ0v) is 18.2. The van der Waals surface area contributed by atoms with Gasteiger partial charge < -0.3 is 21.1 Å². The Morgan fingerprint density at radius 1 is 1.06 bits per heavy atom. The van der Waals surface area contributed by atoms with Crippen molar-refractivity contribution in [3.05, 3.63) is 71.3 Å². The molecule has 4 atom stereocenters. The van der Waals surface area contributed by atoms with E-state index in [4.69, 9.17) is 5.73 Å². The van der Waals surface area contributed by atoms with Gasteiger partial charge in [0.2, 0.25) is 5.91 Å². The van der Waals surface area contributed by atoms with Gasteiger partial charge in [0.15, 0.2) is 11.4 Å². The van der Waals surface area contributed by atoms with Crippen molar-refractivity contribution >= 4 is 17.6 Å². The van der Waals surface area contributed by atoms with Gasteiger partial charge in [-0.25, -0.2) is 0 Å². The molecule has 0 radical (unpaired) electrons. The number of aliphatic hydroxyl groups is 1. The maximum absolute atomic E-state index is 13.7. The molecule has 2 aromatic rings. The van der Waals surface area contributed by atoms with Gasteiger partial charge in [-0.2, -0.15) is 0 Å². The van der Waals surface area contributed by atoms with Crippen molar-refractivity contribution in [1.29, 1.82) is 0 Å². The number of hydrogen-bond acceptors (Lipinski definition) is 5. The van der Waals surface area contributed by atoms with Crippen molar-refractivity contribution in [3.8, 4) is 0 Å². The largest absolute Gasteiger partial charge is 0.372 e. The minimum Gasteiger partial charge on any atom is -0.372 e. The maximum Gasteiger partial charge on any atom is 0.258 e. The third kappa shape index (κ3) is 3.72. The average molecular weight is 436 g/mol. The van der Waals surface area contributed by atoms with Crippen LogP contribution in [-0.4, -0.2) is 52.8 Å². The van der Waals surface area contributed by atoms with Gasteiger partial charge in [0, 0.05) is 17.7 Å². The quantitative estimate of drug-likeness (QED) is 0.597. The van der Waals surface area contributed by atoms with Crippen molar-refractivity contribution in [2.24, 2.45) is 11.7 Å². The van der Waals surface area contributed by atoms with E-state index in [9.17, 15) is 19.5 Å². The summed E-state index contributed by atoms with van der Waals surface area (Å²) >= 11 is 0. The number of ketones is 1. The monoisotopic (exact) mass is 435 g/mol. The molecule has 0 saturated carbocycles. The number of amides is 2. The van der Waals surface area contributed by atoms with E-state index >= 15 is 0 Å². The minimum atomic E-state index is -2.16. The second-order valence-electron chi connectivity index (χ2n) is 8.74. The number of nitrogens with zero attached hydrogens (tertiary/aromatic N) is 1. The van der Waals surface area contributed by atoms with Crippen molar-refractivity contribution in [2.45, 2.75) is 43.9 Å². The summed E-state index contributed by atoms with van der Waals surface area (Å²) in [7, 11) is 0. The fourth-order valence-corrected chi connectivity index (χ4v) is 4.95. The molecule has 2 amide bonds. The first-order valence-corrected chi connectivity index (χ1v) is 11.1. The minimum absolute atomic E-state index is 0.0587. The molecule has 0 bridgehead atoms. The Bertz CT molecular complexity index is 1020. The molecule has 0 aromatic heterocycles. The Hall–Kier alpha value is -3.03. The number of likely N-dealkylation sites (tertiary alicyclic amines) is 1. The van der Waals surface area contributed by atoms with Crippen LogP contribution in [0.3, 0.4) is 0 Å². The van der Waals surface area contributed by atoms with Crippen molar-refractivity contribution in [2.75, 3.05) is 13.1 Å². The topological polar surface area (TPSA) is 113 Å². The zero-order chi connectivity index (χ0) is 22.9. The molecule has 168 valence electrons. The Kier molecular flexibility index (Phi) is 6.13. The zero-order valence-electron chi connectivity index (χ0n) is 18.2. The predicted molar refractivity (Wildman–Crippen MR) is 120 cm³/mol. The van der Waals surface area contributed by atoms with Gasteiger partial charge in [-0.05, 0) is 37.3 Å². The first-order valence-electron chi connectivity index (χ1n) is 11.1. The first-order chi connectivity index (χ1) is 15.4. The van der Waals surface area contributed by atoms with Gasteiger partial charge in [0.25, 0.3) is 5.91 Å². The molecule has 2 aromatic carbocycles. The Balaban J connectivity index is 1.71. The normalized spacial score (nSPS) is 24.8. The first kappa shape index (κ1) is 22.2. The van der Waals surface area contributed by atoms with Crippen LogP contribution in [0.4, 0.5) is 0 Å². The van der Waals surface area contributed by atoms with E-state index in [1.807, 2.05) is 6.92 Å². The molecule has 2 unspecified atom stereocenters. The van der Waals surface area contributed by atoms with E-state index in [-0.39, 0.29) is 40.3 Å². The molecule has 2 aliphatic heterocycles. The standard InChI is InChI=1S/C25H29N3O4/c1-16-13-14-27-21(16)23(30)28-15-7-12-20(28)22(29)18-10-5-6-11-19(18)25(32,24(26)31)17-8-3-2-4-9-17/h2-6,8-11,16,20-21,27,32H,7,12-15H2,1H3,(H2,26,31)/t16-,20-,21?,25?/m0/s1. The molecule has 4 rings (SSSR count). The number of hydrogen-bond donors (Lipinski definition) is 3. The second kappa shape index (κ2) is 8.84. The Labute approximate surface area is 187 Å². The summed E-state index contributed by atoms with van der Waals surface area (Å²) in [6.45, 7) is 3.34. The molecule has 7 heteroatoms. The summed E-state index contributed by atoms with van der Waals surface area (Å²) in [5.74, 6) is -1.10. The Morgan fingerprint density at radius 3 is 2.41 bits per heavy atom. The smallest absolute Gasteiger partial charge is 0.258 e. The maximum atomic E-state index is 13.7. The predicted octanol–water partition coefficient (Wildman–Crippen LogP) is 1.58. The van der Waals surface area contributed by atoms with Crippen LogP contribution >= 0.6 is 0 Å². The molecule has 32 heavy (non-hydrogen) atoms. The summed E-state index contributed by atoms with van der Waals surface area (Å²) in [6.07, 6.45) is 2.19. The highest BCUT2D eigenvalue weighted by atomic mass is 16.3. The van der Waals surface area contributed by atoms with Gasteiger partial charge in [0.05, 0.1) is 12.1 Å². The van der Waals surface area contributed by atoms with Crippen LogP contribution in [0, 0.1) is 5.92 Å². The number of primary amides is 1. The fourth-order valence-electron chi connectivity index (χ4n) is 4.95. The van der Waals surface area contributed by atoms with Gasteiger partial charge in [-0.15, -0.1) is 0 Å². The van der Waals surface area contributed by atoms with E-state index in [0.717, 1.165) is 19.4 Å². The Morgan fingerprint density at radius 2 is 1.75 bits per heavy atom. The highest BCUT2D eigenvalue weighted by Gasteiger charge is 2.44. The highest BCUT2D eigenvalue weighted by molar-refractivity contribution is 6.05. The second-order valence-corrected chi connectivity index (χ2v) is 8.74. The highest BCUT2D eigenvalue weighted by Crippen LogP contribution is 2.34. The molecule has 2 saturated heterocycles. The van der Waals surface area contributed by atoms with Crippen molar-refractivity contribution in [3.63, 3.8) is 0 Å². The van der Waals surface area contributed by atoms with E-state index < -0.39 is 17.6 Å². The summed E-state index contributed by atoms with van der Waals surface area (Å²) in [5, 5.41) is 14.7. The van der Waals surface area contributed by atoms with Crippen molar-refractivity contribution in [1.82, 2.24) is 10.2 Å². The van der Waals surface area contributed by atoms with Crippen LogP contribution in [0.1, 0.15) is 47.7 Å². The van der Waals surface area contributed by atoms with Crippen molar-refractivity contribution < 1.29 is 19.5 Å². The molecular weight excluding hydrogens is 406 g/mol. The van der Waals surface area contributed by atoms with E-state index in [2.05, 4.69) is 5.32 Å². The van der Waals surface area contributed by atoms with Gasteiger partial charge in [0.1, 0.15) is 0 Å². The number of carbonyl (C=O) groups is 3. The third-order valence-electron chi connectivity index (χ3n) is 6.77. The molecule has 2 aliphatic rings. The van der Waals surface area contributed by atoms with Crippen LogP contribution in [0.15, 0.2) is 54.6 Å².